The molecule has 0 spiro atoms. The smallest absolute Gasteiger partial charge is 0.416 e. The first-order valence-corrected chi connectivity index (χ1v) is 14.6. The number of benzene rings is 4. The summed E-state index contributed by atoms with van der Waals surface area (Å²) in [7, 11) is 0. The number of cyclic esters (lactones) is 1. The number of carboxylic acids is 1. The van der Waals surface area contributed by atoms with Gasteiger partial charge in [0.15, 0.2) is 0 Å². The van der Waals surface area contributed by atoms with Gasteiger partial charge in [-0.25, -0.2) is 9.59 Å². The van der Waals surface area contributed by atoms with Crippen LogP contribution in [0.2, 0.25) is 5.02 Å². The van der Waals surface area contributed by atoms with Crippen LogP contribution < -0.4 is 0 Å². The van der Waals surface area contributed by atoms with E-state index in [1.54, 1.807) is 25.1 Å². The van der Waals surface area contributed by atoms with Gasteiger partial charge >= 0.3 is 30.6 Å². The van der Waals surface area contributed by atoms with Crippen LogP contribution in [0, 0.1) is 6.92 Å². The zero-order chi connectivity index (χ0) is 36.2. The third-order valence-electron chi connectivity index (χ3n) is 8.12. The quantitative estimate of drug-likeness (QED) is 0.202. The number of rotatable bonds is 6. The summed E-state index contributed by atoms with van der Waals surface area (Å²) in [5.41, 5.74) is -3.01. The summed E-state index contributed by atoms with van der Waals surface area (Å²) in [4.78, 5) is 25.3. The summed E-state index contributed by atoms with van der Waals surface area (Å²) < 4.78 is 128. The van der Waals surface area contributed by atoms with E-state index in [-0.39, 0.29) is 33.3 Å². The molecule has 1 amide bonds. The zero-order valence-corrected chi connectivity index (χ0v) is 25.9. The second-order valence-corrected chi connectivity index (χ2v) is 11.8. The highest BCUT2D eigenvalue weighted by molar-refractivity contribution is 6.33. The van der Waals surface area contributed by atoms with Crippen LogP contribution in [0.1, 0.15) is 56.8 Å². The fraction of sp³-hybridized carbons (Fsp3) is 0.235. The van der Waals surface area contributed by atoms with Crippen molar-refractivity contribution in [3.05, 3.63) is 117 Å². The zero-order valence-electron chi connectivity index (χ0n) is 25.2. The molecular weight excluding hydrogens is 693 g/mol. The number of nitrogens with zero attached hydrogens (tertiary/aromatic N) is 1. The molecule has 0 aliphatic carbocycles. The molecule has 0 bridgehead atoms. The van der Waals surface area contributed by atoms with E-state index >= 15 is 0 Å². The maximum Gasteiger partial charge on any atom is 0.416 e. The molecule has 1 N–H and O–H groups in total. The molecule has 49 heavy (non-hydrogen) atoms. The molecule has 2 atom stereocenters. The standard InChI is InChI=1S/C34H23ClF9NO4/c1-16-9-20(30(46)47)3-6-24(16)19-4-8-28(35)26(12-19)25-7-5-21(32(36,37)38)14-27(25)29-17(2)45(31(48)49-29)15-18-10-22(33(39,40)41)13-23(11-18)34(42,43)44/h3-14,17,29H,15H2,1-2H3,(H,46,47)/t17-,29+/m1/s1. The van der Waals surface area contributed by atoms with Crippen LogP contribution in [0.25, 0.3) is 22.3 Å². The van der Waals surface area contributed by atoms with Crippen LogP contribution in [0.5, 0.6) is 0 Å². The Hall–Kier alpha value is -4.72. The summed E-state index contributed by atoms with van der Waals surface area (Å²) >= 11 is 6.54. The number of alkyl halides is 9. The van der Waals surface area contributed by atoms with Crippen molar-refractivity contribution in [1.82, 2.24) is 4.90 Å². The van der Waals surface area contributed by atoms with Crippen LogP contribution in [0.3, 0.4) is 0 Å². The van der Waals surface area contributed by atoms with Crippen molar-refractivity contribution in [2.45, 2.75) is 51.1 Å². The van der Waals surface area contributed by atoms with Crippen molar-refractivity contribution in [2.75, 3.05) is 0 Å². The van der Waals surface area contributed by atoms with Gasteiger partial charge in [-0.05, 0) is 96.3 Å². The lowest BCUT2D eigenvalue weighted by atomic mass is 9.89. The van der Waals surface area contributed by atoms with E-state index in [0.717, 1.165) is 23.1 Å². The maximum atomic E-state index is 13.9. The molecule has 1 aliphatic heterocycles. The minimum atomic E-state index is -5.15. The molecule has 0 aromatic heterocycles. The van der Waals surface area contributed by atoms with Crippen LogP contribution >= 0.6 is 11.6 Å². The Morgan fingerprint density at radius 1 is 0.776 bits per heavy atom. The lowest BCUT2D eigenvalue weighted by Gasteiger charge is -2.24. The monoisotopic (exact) mass is 715 g/mol. The predicted molar refractivity (Wildman–Crippen MR) is 160 cm³/mol. The van der Waals surface area contributed by atoms with E-state index in [9.17, 15) is 54.2 Å². The summed E-state index contributed by atoms with van der Waals surface area (Å²) in [5, 5.41) is 9.40. The van der Waals surface area contributed by atoms with Crippen molar-refractivity contribution in [2.24, 2.45) is 0 Å². The van der Waals surface area contributed by atoms with Gasteiger partial charge in [0.05, 0.1) is 28.3 Å². The molecule has 1 fully saturated rings. The van der Waals surface area contributed by atoms with Crippen molar-refractivity contribution in [1.29, 1.82) is 0 Å². The molecular formula is C34H23ClF9NO4. The number of carbonyl (C=O) groups excluding carboxylic acids is 1. The second kappa shape index (κ2) is 12.6. The van der Waals surface area contributed by atoms with E-state index in [1.807, 2.05) is 0 Å². The maximum absolute atomic E-state index is 13.9. The van der Waals surface area contributed by atoms with Gasteiger partial charge in [-0.3, -0.25) is 4.90 Å². The first kappa shape index (κ1) is 35.6. The second-order valence-electron chi connectivity index (χ2n) is 11.4. The molecule has 15 heteroatoms. The van der Waals surface area contributed by atoms with Crippen molar-refractivity contribution < 1.29 is 58.9 Å². The average Bonchev–Trinajstić information content (AvgIpc) is 3.28. The number of carbonyl (C=O) groups is 2. The lowest BCUT2D eigenvalue weighted by molar-refractivity contribution is -0.143. The van der Waals surface area contributed by atoms with Gasteiger partial charge in [0.1, 0.15) is 6.10 Å². The first-order chi connectivity index (χ1) is 22.6. The molecule has 0 saturated carbocycles. The number of halogens is 10. The Morgan fingerprint density at radius 3 is 1.92 bits per heavy atom. The summed E-state index contributed by atoms with van der Waals surface area (Å²) in [6, 6.07) is 11.3. The summed E-state index contributed by atoms with van der Waals surface area (Å²) in [5.74, 6) is -1.15. The molecule has 0 radical (unpaired) electrons. The van der Waals surface area contributed by atoms with E-state index < -0.39 is 71.5 Å². The average molecular weight is 716 g/mol. The largest absolute Gasteiger partial charge is 0.478 e. The number of hydrogen-bond donors (Lipinski definition) is 1. The minimum Gasteiger partial charge on any atom is -0.478 e. The number of aromatic carboxylic acids is 1. The van der Waals surface area contributed by atoms with Gasteiger partial charge in [-0.1, -0.05) is 29.8 Å². The summed E-state index contributed by atoms with van der Waals surface area (Å²) in [6.07, 6.45) is -17.8. The number of hydrogen-bond acceptors (Lipinski definition) is 3. The van der Waals surface area contributed by atoms with Crippen LogP contribution in [0.4, 0.5) is 44.3 Å². The van der Waals surface area contributed by atoms with E-state index in [4.69, 9.17) is 16.3 Å². The Labute approximate surface area is 277 Å². The summed E-state index contributed by atoms with van der Waals surface area (Å²) in [6.45, 7) is 2.22. The molecule has 5 nitrogen and oxygen atoms in total. The number of aryl methyl sites for hydroxylation is 1. The van der Waals surface area contributed by atoms with Gasteiger partial charge in [0, 0.05) is 22.7 Å². The Kier molecular flexibility index (Phi) is 9.17. The van der Waals surface area contributed by atoms with E-state index in [2.05, 4.69) is 0 Å². The van der Waals surface area contributed by atoms with E-state index in [0.29, 0.717) is 28.8 Å². The van der Waals surface area contributed by atoms with Crippen molar-refractivity contribution in [3.8, 4) is 22.3 Å². The third-order valence-corrected chi connectivity index (χ3v) is 8.45. The van der Waals surface area contributed by atoms with Gasteiger partial charge in [0.2, 0.25) is 0 Å². The predicted octanol–water partition coefficient (Wildman–Crippen LogP) is 10.8. The third kappa shape index (κ3) is 7.33. The minimum absolute atomic E-state index is 0.0295. The molecule has 4 aromatic carbocycles. The molecule has 1 aliphatic rings. The number of amides is 1. The van der Waals surface area contributed by atoms with Crippen LogP contribution in [-0.4, -0.2) is 28.1 Å². The molecule has 5 rings (SSSR count). The highest BCUT2D eigenvalue weighted by Gasteiger charge is 2.43. The van der Waals surface area contributed by atoms with Gasteiger partial charge in [-0.2, -0.15) is 39.5 Å². The highest BCUT2D eigenvalue weighted by atomic mass is 35.5. The topological polar surface area (TPSA) is 66.8 Å². The normalized spacial score (nSPS) is 17.0. The SMILES string of the molecule is Cc1cc(C(=O)O)ccc1-c1ccc(Cl)c(-c2ccc(C(F)(F)F)cc2[C@H]2OC(=O)N(Cc3cc(C(F)(F)F)cc(C(F)(F)F)c3)[C@@H]2C)c1. The van der Waals surface area contributed by atoms with Crippen molar-refractivity contribution in [3.63, 3.8) is 0 Å². The Bertz CT molecular complexity index is 1920. The Morgan fingerprint density at radius 2 is 1.37 bits per heavy atom. The number of ether oxygens (including phenoxy) is 1. The lowest BCUT2D eigenvalue weighted by Crippen LogP contribution is -2.31. The van der Waals surface area contributed by atoms with Gasteiger partial charge < -0.3 is 9.84 Å². The first-order valence-electron chi connectivity index (χ1n) is 14.3. The van der Waals surface area contributed by atoms with Gasteiger partial charge in [-0.15, -0.1) is 0 Å². The molecule has 1 saturated heterocycles. The van der Waals surface area contributed by atoms with Gasteiger partial charge in [0.25, 0.3) is 0 Å². The van der Waals surface area contributed by atoms with E-state index in [1.165, 1.54) is 25.1 Å². The molecule has 258 valence electrons. The highest BCUT2D eigenvalue weighted by Crippen LogP contribution is 2.45. The fourth-order valence-corrected chi connectivity index (χ4v) is 5.90. The van der Waals surface area contributed by atoms with Crippen LogP contribution in [-0.2, 0) is 29.8 Å². The number of carboxylic acid groups (broad SMARTS) is 1. The fourth-order valence-electron chi connectivity index (χ4n) is 5.68. The molecule has 4 aromatic rings. The van der Waals surface area contributed by atoms with Crippen LogP contribution in [0.15, 0.2) is 72.8 Å². The molecule has 0 unspecified atom stereocenters. The Balaban J connectivity index is 1.59. The van der Waals surface area contributed by atoms with Crippen molar-refractivity contribution >= 4 is 23.7 Å². The molecule has 1 heterocycles.